The number of thiophene rings is 1. The number of hydrogen-bond donors (Lipinski definition) is 1. The number of aromatic nitrogens is 1. The molecule has 2 aromatic heterocycles. The summed E-state index contributed by atoms with van der Waals surface area (Å²) in [5.74, 6) is -2.61. The van der Waals surface area contributed by atoms with Crippen molar-refractivity contribution < 1.29 is 28.3 Å². The largest absolute Gasteiger partial charge is 0.462 e. The number of oxazole rings is 1. The van der Waals surface area contributed by atoms with Gasteiger partial charge in [-0.2, -0.15) is 0 Å². The third-order valence-corrected chi connectivity index (χ3v) is 5.30. The van der Waals surface area contributed by atoms with Gasteiger partial charge in [0.2, 0.25) is 0 Å². The Hall–Kier alpha value is -3.40. The van der Waals surface area contributed by atoms with E-state index in [1.807, 2.05) is 6.92 Å². The second kappa shape index (κ2) is 9.40. The molecule has 158 valence electrons. The van der Waals surface area contributed by atoms with Crippen molar-refractivity contribution in [2.75, 3.05) is 18.5 Å². The number of rotatable bonds is 8. The smallest absolute Gasteiger partial charge is 0.420 e. The van der Waals surface area contributed by atoms with Crippen molar-refractivity contribution >= 4 is 45.3 Å². The standard InChI is InChI=1S/C20H20N2O7S/c1-3-12-9-13(19(25)27-4-2)18(30-12)21-16(23)11-28-17(24)10-22-14-7-5-6-8-15(14)29-20(22)26/h5-9H,3-4,10-11H2,1-2H3,(H,21,23). The van der Waals surface area contributed by atoms with Crippen molar-refractivity contribution in [2.24, 2.45) is 0 Å². The zero-order valence-corrected chi connectivity index (χ0v) is 17.2. The van der Waals surface area contributed by atoms with Crippen molar-refractivity contribution in [3.05, 3.63) is 51.3 Å². The monoisotopic (exact) mass is 432 g/mol. The molecule has 30 heavy (non-hydrogen) atoms. The molecule has 0 saturated heterocycles. The number of carbonyl (C=O) groups is 3. The molecule has 3 rings (SSSR count). The normalized spacial score (nSPS) is 10.7. The molecule has 0 spiro atoms. The van der Waals surface area contributed by atoms with Gasteiger partial charge in [0, 0.05) is 4.88 Å². The van der Waals surface area contributed by atoms with Gasteiger partial charge in [0.15, 0.2) is 12.2 Å². The highest BCUT2D eigenvalue weighted by atomic mass is 32.1. The Morgan fingerprint density at radius 2 is 1.93 bits per heavy atom. The summed E-state index contributed by atoms with van der Waals surface area (Å²) >= 11 is 1.25. The quantitative estimate of drug-likeness (QED) is 0.544. The number of para-hydroxylation sites is 2. The molecule has 0 unspecified atom stereocenters. The van der Waals surface area contributed by atoms with Crippen LogP contribution in [0.3, 0.4) is 0 Å². The first kappa shape index (κ1) is 21.3. The van der Waals surface area contributed by atoms with Crippen molar-refractivity contribution in [1.82, 2.24) is 4.57 Å². The van der Waals surface area contributed by atoms with Crippen molar-refractivity contribution in [3.63, 3.8) is 0 Å². The predicted molar refractivity (Wildman–Crippen MR) is 110 cm³/mol. The fourth-order valence-corrected chi connectivity index (χ4v) is 3.72. The number of hydrogen-bond acceptors (Lipinski definition) is 8. The number of ether oxygens (including phenoxy) is 2. The van der Waals surface area contributed by atoms with Gasteiger partial charge in [0.1, 0.15) is 11.5 Å². The molecule has 2 heterocycles. The molecular weight excluding hydrogens is 412 g/mol. The Kier molecular flexibility index (Phi) is 6.68. The average molecular weight is 432 g/mol. The van der Waals surface area contributed by atoms with E-state index in [4.69, 9.17) is 13.9 Å². The van der Waals surface area contributed by atoms with Crippen LogP contribution < -0.4 is 11.1 Å². The summed E-state index contributed by atoms with van der Waals surface area (Å²) in [7, 11) is 0. The summed E-state index contributed by atoms with van der Waals surface area (Å²) < 4.78 is 16.1. The van der Waals surface area contributed by atoms with E-state index in [1.165, 1.54) is 11.3 Å². The highest BCUT2D eigenvalue weighted by molar-refractivity contribution is 7.16. The number of nitrogens with zero attached hydrogens (tertiary/aromatic N) is 1. The molecule has 0 fully saturated rings. The molecule has 0 bridgehead atoms. The molecule has 0 aliphatic rings. The Morgan fingerprint density at radius 3 is 2.67 bits per heavy atom. The fraction of sp³-hybridized carbons (Fsp3) is 0.300. The van der Waals surface area contributed by atoms with E-state index in [0.717, 1.165) is 9.44 Å². The SMILES string of the molecule is CCOC(=O)c1cc(CC)sc1NC(=O)COC(=O)Cn1c(=O)oc2ccccc21. The maximum Gasteiger partial charge on any atom is 0.420 e. The third kappa shape index (κ3) is 4.77. The zero-order valence-electron chi connectivity index (χ0n) is 16.4. The summed E-state index contributed by atoms with van der Waals surface area (Å²) in [6.07, 6.45) is 0.690. The van der Waals surface area contributed by atoms with E-state index in [2.05, 4.69) is 5.32 Å². The molecule has 0 atom stereocenters. The Labute approximate surface area is 175 Å². The van der Waals surface area contributed by atoms with Gasteiger partial charge in [-0.25, -0.2) is 9.59 Å². The van der Waals surface area contributed by atoms with E-state index in [-0.39, 0.29) is 12.2 Å². The van der Waals surface area contributed by atoms with Gasteiger partial charge in [0.25, 0.3) is 5.91 Å². The fourth-order valence-electron chi connectivity index (χ4n) is 2.72. The summed E-state index contributed by atoms with van der Waals surface area (Å²) in [5, 5.41) is 2.91. The number of anilines is 1. The molecule has 1 amide bonds. The number of benzene rings is 1. The molecule has 0 aliphatic heterocycles. The van der Waals surface area contributed by atoms with Crippen molar-refractivity contribution in [1.29, 1.82) is 0 Å². The molecule has 0 radical (unpaired) electrons. The van der Waals surface area contributed by atoms with Crippen LogP contribution in [0, 0.1) is 0 Å². The van der Waals surface area contributed by atoms with Gasteiger partial charge in [-0.15, -0.1) is 11.3 Å². The number of fused-ring (bicyclic) bond motifs is 1. The Morgan fingerprint density at radius 1 is 1.17 bits per heavy atom. The summed E-state index contributed by atoms with van der Waals surface area (Å²) in [5.41, 5.74) is 1.06. The minimum Gasteiger partial charge on any atom is -0.462 e. The summed E-state index contributed by atoms with van der Waals surface area (Å²) in [4.78, 5) is 49.2. The van der Waals surface area contributed by atoms with Crippen LogP contribution >= 0.6 is 11.3 Å². The molecule has 10 heteroatoms. The Bertz CT molecular complexity index is 1140. The Balaban J connectivity index is 1.61. The lowest BCUT2D eigenvalue weighted by Gasteiger charge is -2.07. The lowest BCUT2D eigenvalue weighted by atomic mass is 10.2. The maximum atomic E-state index is 12.2. The minimum absolute atomic E-state index is 0.212. The van der Waals surface area contributed by atoms with E-state index < -0.39 is 36.8 Å². The van der Waals surface area contributed by atoms with Crippen LogP contribution in [-0.2, 0) is 32.0 Å². The second-order valence-electron chi connectivity index (χ2n) is 6.16. The highest BCUT2D eigenvalue weighted by Gasteiger charge is 2.20. The second-order valence-corrected chi connectivity index (χ2v) is 7.30. The molecule has 9 nitrogen and oxygen atoms in total. The van der Waals surface area contributed by atoms with E-state index in [9.17, 15) is 19.2 Å². The van der Waals surface area contributed by atoms with E-state index >= 15 is 0 Å². The molecule has 0 saturated carbocycles. The van der Waals surface area contributed by atoms with E-state index in [1.54, 1.807) is 37.3 Å². The van der Waals surface area contributed by atoms with Crippen LogP contribution in [-0.4, -0.2) is 35.6 Å². The number of amides is 1. The van der Waals surface area contributed by atoms with Gasteiger partial charge >= 0.3 is 17.7 Å². The first-order chi connectivity index (χ1) is 14.4. The minimum atomic E-state index is -0.773. The topological polar surface area (TPSA) is 117 Å². The lowest BCUT2D eigenvalue weighted by molar-refractivity contribution is -0.147. The van der Waals surface area contributed by atoms with Gasteiger partial charge in [-0.1, -0.05) is 19.1 Å². The third-order valence-electron chi connectivity index (χ3n) is 4.11. The van der Waals surface area contributed by atoms with Gasteiger partial charge in [-0.3, -0.25) is 14.2 Å². The van der Waals surface area contributed by atoms with Crippen LogP contribution in [0.1, 0.15) is 29.1 Å². The lowest BCUT2D eigenvalue weighted by Crippen LogP contribution is -2.26. The average Bonchev–Trinajstić information content (AvgIpc) is 3.27. The number of nitrogens with one attached hydrogen (secondary N) is 1. The summed E-state index contributed by atoms with van der Waals surface area (Å²) in [6.45, 7) is 2.87. The molecule has 3 aromatic rings. The van der Waals surface area contributed by atoms with Gasteiger partial charge < -0.3 is 19.2 Å². The first-order valence-electron chi connectivity index (χ1n) is 9.26. The van der Waals surface area contributed by atoms with Crippen LogP contribution in [0.4, 0.5) is 5.00 Å². The van der Waals surface area contributed by atoms with Crippen LogP contribution in [0.15, 0.2) is 39.5 Å². The predicted octanol–water partition coefficient (Wildman–Crippen LogP) is 2.58. The number of carbonyl (C=O) groups excluding carboxylic acids is 3. The molecule has 1 aromatic carbocycles. The van der Waals surface area contributed by atoms with Crippen molar-refractivity contribution in [2.45, 2.75) is 26.8 Å². The van der Waals surface area contributed by atoms with Gasteiger partial charge in [-0.05, 0) is 31.5 Å². The molecule has 0 aliphatic carbocycles. The van der Waals surface area contributed by atoms with E-state index in [0.29, 0.717) is 22.5 Å². The van der Waals surface area contributed by atoms with Crippen LogP contribution in [0.2, 0.25) is 0 Å². The molecular formula is C20H20N2O7S. The summed E-state index contributed by atoms with van der Waals surface area (Å²) in [6, 6.07) is 8.33. The maximum absolute atomic E-state index is 12.2. The first-order valence-corrected chi connectivity index (χ1v) is 10.1. The molecule has 1 N–H and O–H groups in total. The zero-order chi connectivity index (χ0) is 21.7. The van der Waals surface area contributed by atoms with Gasteiger partial charge in [0.05, 0.1) is 17.7 Å². The van der Waals surface area contributed by atoms with Crippen LogP contribution in [0.5, 0.6) is 0 Å². The van der Waals surface area contributed by atoms with Crippen molar-refractivity contribution in [3.8, 4) is 0 Å². The number of aryl methyl sites for hydroxylation is 1. The number of esters is 2. The van der Waals surface area contributed by atoms with Crippen LogP contribution in [0.25, 0.3) is 11.1 Å². The highest BCUT2D eigenvalue weighted by Crippen LogP contribution is 2.29.